The van der Waals surface area contributed by atoms with Crippen LogP contribution in [0.4, 0.5) is 5.13 Å². The maximum atomic E-state index is 9.57. The molecule has 0 fully saturated rings. The summed E-state index contributed by atoms with van der Waals surface area (Å²) in [6.45, 7) is 9.46. The Morgan fingerprint density at radius 2 is 1.81 bits per heavy atom. The molecule has 0 aromatic carbocycles. The van der Waals surface area contributed by atoms with Gasteiger partial charge < -0.3 is 19.5 Å². The lowest BCUT2D eigenvalue weighted by molar-refractivity contribution is 0.191. The molecule has 6 heteroatoms. The zero-order valence-corrected chi connectivity index (χ0v) is 14.6. The van der Waals surface area contributed by atoms with Gasteiger partial charge >= 0.3 is 0 Å². The lowest BCUT2D eigenvalue weighted by Crippen LogP contribution is -2.29. The van der Waals surface area contributed by atoms with Crippen LogP contribution >= 0.6 is 11.3 Å². The number of hydrogen-bond donors (Lipinski definition) is 1. The summed E-state index contributed by atoms with van der Waals surface area (Å²) in [7, 11) is 3.42. The third-order valence-electron chi connectivity index (χ3n) is 3.15. The van der Waals surface area contributed by atoms with Crippen molar-refractivity contribution >= 4 is 16.5 Å². The van der Waals surface area contributed by atoms with E-state index >= 15 is 0 Å². The van der Waals surface area contributed by atoms with E-state index < -0.39 is 0 Å². The molecule has 21 heavy (non-hydrogen) atoms. The van der Waals surface area contributed by atoms with Gasteiger partial charge in [0.2, 0.25) is 0 Å². The Kier molecular flexibility index (Phi) is 7.59. The van der Waals surface area contributed by atoms with Gasteiger partial charge in [0, 0.05) is 39.3 Å². The number of hydrogen-bond acceptors (Lipinski definition) is 6. The molecule has 0 atom stereocenters. The first-order valence-corrected chi connectivity index (χ1v) is 8.09. The summed E-state index contributed by atoms with van der Waals surface area (Å²) in [4.78, 5) is 7.93. The van der Waals surface area contributed by atoms with E-state index in [-0.39, 0.29) is 12.0 Å². The fraction of sp³-hybridized carbons (Fsp3) is 0.800. The van der Waals surface area contributed by atoms with Gasteiger partial charge in [0.15, 0.2) is 5.13 Å². The van der Waals surface area contributed by atoms with Crippen LogP contribution in [-0.4, -0.2) is 50.6 Å². The summed E-state index contributed by atoms with van der Waals surface area (Å²) >= 11 is 1.57. The van der Waals surface area contributed by atoms with Gasteiger partial charge in [-0.2, -0.15) is 0 Å². The maximum Gasteiger partial charge on any atom is 0.185 e. The second kappa shape index (κ2) is 8.68. The molecule has 0 radical (unpaired) electrons. The SMILES string of the molecule is COCCCN(CCOC)c1nc(C(C)(C)C)c(CO)s1. The molecule has 0 aliphatic carbocycles. The molecule has 0 saturated heterocycles. The molecule has 0 bridgehead atoms. The van der Waals surface area contributed by atoms with Crippen LogP contribution in [0, 0.1) is 0 Å². The van der Waals surface area contributed by atoms with Crippen molar-refractivity contribution in [3.05, 3.63) is 10.6 Å². The topological polar surface area (TPSA) is 54.8 Å². The van der Waals surface area contributed by atoms with E-state index in [9.17, 15) is 5.11 Å². The number of anilines is 1. The van der Waals surface area contributed by atoms with Crippen LogP contribution in [0.25, 0.3) is 0 Å². The van der Waals surface area contributed by atoms with Gasteiger partial charge in [-0.1, -0.05) is 32.1 Å². The van der Waals surface area contributed by atoms with Crippen molar-refractivity contribution in [2.75, 3.05) is 45.4 Å². The van der Waals surface area contributed by atoms with E-state index in [2.05, 4.69) is 25.7 Å². The van der Waals surface area contributed by atoms with E-state index in [1.54, 1.807) is 25.6 Å². The molecule has 1 rings (SSSR count). The fourth-order valence-electron chi connectivity index (χ4n) is 2.07. The molecule has 0 spiro atoms. The third-order valence-corrected chi connectivity index (χ3v) is 4.25. The molecule has 122 valence electrons. The quantitative estimate of drug-likeness (QED) is 0.709. The first-order valence-electron chi connectivity index (χ1n) is 7.28. The molecule has 1 aromatic heterocycles. The maximum absolute atomic E-state index is 9.57. The van der Waals surface area contributed by atoms with Crippen molar-refractivity contribution in [1.82, 2.24) is 4.98 Å². The van der Waals surface area contributed by atoms with Gasteiger partial charge in [0.05, 0.1) is 23.8 Å². The van der Waals surface area contributed by atoms with Crippen LogP contribution in [0.15, 0.2) is 0 Å². The van der Waals surface area contributed by atoms with Crippen molar-refractivity contribution < 1.29 is 14.6 Å². The summed E-state index contributed by atoms with van der Waals surface area (Å²) in [6, 6.07) is 0. The van der Waals surface area contributed by atoms with Crippen molar-refractivity contribution in [1.29, 1.82) is 0 Å². The van der Waals surface area contributed by atoms with E-state index in [1.165, 1.54) is 0 Å². The van der Waals surface area contributed by atoms with Gasteiger partial charge in [-0.25, -0.2) is 4.98 Å². The van der Waals surface area contributed by atoms with Gasteiger partial charge in [-0.15, -0.1) is 0 Å². The molecule has 1 aromatic rings. The van der Waals surface area contributed by atoms with Crippen LogP contribution in [0.5, 0.6) is 0 Å². The predicted molar refractivity (Wildman–Crippen MR) is 87.3 cm³/mol. The minimum Gasteiger partial charge on any atom is -0.391 e. The van der Waals surface area contributed by atoms with E-state index in [0.29, 0.717) is 6.61 Å². The van der Waals surface area contributed by atoms with Gasteiger partial charge in [0.1, 0.15) is 0 Å². The third kappa shape index (κ3) is 5.54. The number of thiazole rings is 1. The standard InChI is InChI=1S/C15H28N2O3S/c1-15(2,3)13-12(11-18)21-14(16-13)17(8-10-20-5)7-6-9-19-4/h18H,6-11H2,1-5H3. The van der Waals surface area contributed by atoms with Gasteiger partial charge in [-0.05, 0) is 6.42 Å². The molecule has 0 saturated carbocycles. The highest BCUT2D eigenvalue weighted by molar-refractivity contribution is 7.15. The first-order chi connectivity index (χ1) is 9.93. The minimum atomic E-state index is -0.0632. The summed E-state index contributed by atoms with van der Waals surface area (Å²) in [5, 5.41) is 10.5. The lowest BCUT2D eigenvalue weighted by atomic mass is 9.91. The Morgan fingerprint density at radius 3 is 2.29 bits per heavy atom. The molecule has 0 aliphatic heterocycles. The van der Waals surface area contributed by atoms with Gasteiger partial charge in [-0.3, -0.25) is 0 Å². The largest absolute Gasteiger partial charge is 0.391 e. The first kappa shape index (κ1) is 18.4. The number of aliphatic hydroxyl groups excluding tert-OH is 1. The number of ether oxygens (including phenoxy) is 2. The van der Waals surface area contributed by atoms with Crippen molar-refractivity contribution in [2.24, 2.45) is 0 Å². The zero-order valence-electron chi connectivity index (χ0n) is 13.8. The average molecular weight is 316 g/mol. The second-order valence-electron chi connectivity index (χ2n) is 6.00. The fourth-order valence-corrected chi connectivity index (χ4v) is 3.25. The molecule has 0 amide bonds. The Bertz CT molecular complexity index is 416. The summed E-state index contributed by atoms with van der Waals surface area (Å²) in [6.07, 6.45) is 0.944. The molecule has 1 heterocycles. The minimum absolute atomic E-state index is 0.0421. The Hall–Kier alpha value is -0.690. The highest BCUT2D eigenvalue weighted by Crippen LogP contribution is 2.33. The van der Waals surface area contributed by atoms with Crippen LogP contribution < -0.4 is 4.90 Å². The number of nitrogens with zero attached hydrogens (tertiary/aromatic N) is 2. The van der Waals surface area contributed by atoms with E-state index in [0.717, 1.165) is 41.8 Å². The average Bonchev–Trinajstić information content (AvgIpc) is 2.87. The monoisotopic (exact) mass is 316 g/mol. The highest BCUT2D eigenvalue weighted by Gasteiger charge is 2.24. The van der Waals surface area contributed by atoms with Crippen LogP contribution in [-0.2, 0) is 21.5 Å². The molecule has 1 N–H and O–H groups in total. The van der Waals surface area contributed by atoms with Crippen molar-refractivity contribution in [2.45, 2.75) is 39.2 Å². The molecule has 5 nitrogen and oxygen atoms in total. The highest BCUT2D eigenvalue weighted by atomic mass is 32.1. The van der Waals surface area contributed by atoms with Gasteiger partial charge in [0.25, 0.3) is 0 Å². The molecular formula is C15H28N2O3S. The lowest BCUT2D eigenvalue weighted by Gasteiger charge is -2.22. The molecular weight excluding hydrogens is 288 g/mol. The van der Waals surface area contributed by atoms with Crippen molar-refractivity contribution in [3.63, 3.8) is 0 Å². The summed E-state index contributed by atoms with van der Waals surface area (Å²) in [5.41, 5.74) is 0.922. The Balaban J connectivity index is 2.92. The Labute approximate surface area is 131 Å². The predicted octanol–water partition coefficient (Wildman–Crippen LogP) is 2.42. The summed E-state index contributed by atoms with van der Waals surface area (Å²) in [5.74, 6) is 0. The van der Waals surface area contributed by atoms with E-state index in [1.807, 2.05) is 0 Å². The van der Waals surface area contributed by atoms with E-state index in [4.69, 9.17) is 14.5 Å². The number of aromatic nitrogens is 1. The van der Waals surface area contributed by atoms with Crippen LogP contribution in [0.3, 0.4) is 0 Å². The smallest absolute Gasteiger partial charge is 0.185 e. The van der Waals surface area contributed by atoms with Crippen LogP contribution in [0.1, 0.15) is 37.8 Å². The molecule has 0 aliphatic rings. The van der Waals surface area contributed by atoms with Crippen molar-refractivity contribution in [3.8, 4) is 0 Å². The number of aliphatic hydroxyl groups is 1. The Morgan fingerprint density at radius 1 is 1.14 bits per heavy atom. The zero-order chi connectivity index (χ0) is 15.9. The normalized spacial score (nSPS) is 11.9. The summed E-state index contributed by atoms with van der Waals surface area (Å²) < 4.78 is 10.3. The number of rotatable bonds is 9. The molecule has 0 unspecified atom stereocenters. The van der Waals surface area contributed by atoms with Crippen LogP contribution in [0.2, 0.25) is 0 Å². The number of methoxy groups -OCH3 is 2. The second-order valence-corrected chi connectivity index (χ2v) is 7.06.